The minimum absolute atomic E-state index is 0.00709. The van der Waals surface area contributed by atoms with E-state index in [0.29, 0.717) is 13.2 Å². The maximum atomic E-state index is 10.7. The highest BCUT2D eigenvalue weighted by molar-refractivity contribution is 5.87. The second-order valence-corrected chi connectivity index (χ2v) is 4.56. The van der Waals surface area contributed by atoms with Crippen LogP contribution in [0.25, 0.3) is 0 Å². The Hall–Kier alpha value is -1.46. The SMILES string of the molecule is CC1(NCc2ccc(C(=O)O)cn2)CCOC1. The molecule has 17 heavy (non-hydrogen) atoms. The summed E-state index contributed by atoms with van der Waals surface area (Å²) in [5, 5.41) is 12.1. The van der Waals surface area contributed by atoms with Gasteiger partial charge in [0.15, 0.2) is 0 Å². The van der Waals surface area contributed by atoms with Gasteiger partial charge in [0.05, 0.1) is 17.9 Å². The number of ether oxygens (including phenoxy) is 1. The normalized spacial score (nSPS) is 23.8. The summed E-state index contributed by atoms with van der Waals surface area (Å²) in [5.41, 5.74) is 1.06. The molecule has 0 bridgehead atoms. The van der Waals surface area contributed by atoms with E-state index in [9.17, 15) is 4.79 Å². The summed E-state index contributed by atoms with van der Waals surface area (Å²) in [6.45, 7) is 4.24. The number of aromatic carboxylic acids is 1. The topological polar surface area (TPSA) is 71.5 Å². The van der Waals surface area contributed by atoms with Gasteiger partial charge in [-0.3, -0.25) is 4.98 Å². The van der Waals surface area contributed by atoms with Crippen molar-refractivity contribution in [2.24, 2.45) is 0 Å². The summed E-state index contributed by atoms with van der Waals surface area (Å²) in [5.74, 6) is -0.951. The standard InChI is InChI=1S/C12H16N2O3/c1-12(4-5-17-8-12)14-7-10-3-2-9(6-13-10)11(15)16/h2-3,6,14H,4-5,7-8H2,1H3,(H,15,16). The van der Waals surface area contributed by atoms with Crippen LogP contribution in [0.1, 0.15) is 29.4 Å². The highest BCUT2D eigenvalue weighted by Gasteiger charge is 2.28. The number of carbonyl (C=O) groups is 1. The Morgan fingerprint density at radius 1 is 1.65 bits per heavy atom. The fraction of sp³-hybridized carbons (Fsp3) is 0.500. The molecule has 1 atom stereocenters. The quantitative estimate of drug-likeness (QED) is 0.817. The Labute approximate surface area is 99.8 Å². The van der Waals surface area contributed by atoms with Crippen LogP contribution < -0.4 is 5.32 Å². The average molecular weight is 236 g/mol. The van der Waals surface area contributed by atoms with Gasteiger partial charge in [0.1, 0.15) is 0 Å². The predicted octanol–water partition coefficient (Wildman–Crippen LogP) is 1.05. The van der Waals surface area contributed by atoms with Crippen LogP contribution in [0.2, 0.25) is 0 Å². The van der Waals surface area contributed by atoms with Gasteiger partial charge in [-0.15, -0.1) is 0 Å². The smallest absolute Gasteiger partial charge is 0.337 e. The van der Waals surface area contributed by atoms with E-state index in [0.717, 1.165) is 18.7 Å². The zero-order valence-electron chi connectivity index (χ0n) is 9.77. The van der Waals surface area contributed by atoms with E-state index in [1.165, 1.54) is 6.20 Å². The van der Waals surface area contributed by atoms with E-state index in [-0.39, 0.29) is 11.1 Å². The molecule has 1 saturated heterocycles. The van der Waals surface area contributed by atoms with Crippen LogP contribution in [0, 0.1) is 0 Å². The first kappa shape index (κ1) is 12.0. The summed E-state index contributed by atoms with van der Waals surface area (Å²) in [6, 6.07) is 3.30. The summed E-state index contributed by atoms with van der Waals surface area (Å²) >= 11 is 0. The van der Waals surface area contributed by atoms with Gasteiger partial charge in [-0.25, -0.2) is 4.79 Å². The van der Waals surface area contributed by atoms with E-state index in [1.54, 1.807) is 12.1 Å². The molecule has 1 aromatic heterocycles. The number of aromatic nitrogens is 1. The van der Waals surface area contributed by atoms with E-state index >= 15 is 0 Å². The van der Waals surface area contributed by atoms with Crippen LogP contribution in [-0.2, 0) is 11.3 Å². The lowest BCUT2D eigenvalue weighted by Gasteiger charge is -2.23. The van der Waals surface area contributed by atoms with Crippen LogP contribution >= 0.6 is 0 Å². The number of rotatable bonds is 4. The monoisotopic (exact) mass is 236 g/mol. The van der Waals surface area contributed by atoms with Crippen molar-refractivity contribution in [3.8, 4) is 0 Å². The molecule has 0 spiro atoms. The summed E-state index contributed by atoms with van der Waals surface area (Å²) in [7, 11) is 0. The number of pyridine rings is 1. The molecule has 0 saturated carbocycles. The zero-order valence-corrected chi connectivity index (χ0v) is 9.77. The summed E-state index contributed by atoms with van der Waals surface area (Å²) < 4.78 is 5.34. The molecular weight excluding hydrogens is 220 g/mol. The van der Waals surface area contributed by atoms with Crippen molar-refractivity contribution in [2.45, 2.75) is 25.4 Å². The van der Waals surface area contributed by atoms with Crippen molar-refractivity contribution in [2.75, 3.05) is 13.2 Å². The lowest BCUT2D eigenvalue weighted by atomic mass is 10.0. The Morgan fingerprint density at radius 2 is 2.47 bits per heavy atom. The molecule has 0 radical (unpaired) electrons. The van der Waals surface area contributed by atoms with Gasteiger partial charge in [-0.05, 0) is 25.5 Å². The highest BCUT2D eigenvalue weighted by Crippen LogP contribution is 2.17. The van der Waals surface area contributed by atoms with Crippen molar-refractivity contribution in [3.05, 3.63) is 29.6 Å². The second-order valence-electron chi connectivity index (χ2n) is 4.56. The molecule has 2 rings (SSSR count). The number of hydrogen-bond acceptors (Lipinski definition) is 4. The van der Waals surface area contributed by atoms with Crippen molar-refractivity contribution in [3.63, 3.8) is 0 Å². The van der Waals surface area contributed by atoms with Crippen molar-refractivity contribution >= 4 is 5.97 Å². The molecule has 0 aromatic carbocycles. The zero-order chi connectivity index (χ0) is 12.3. The summed E-state index contributed by atoms with van der Waals surface area (Å²) in [4.78, 5) is 14.8. The number of carboxylic acids is 1. The third-order valence-electron chi connectivity index (χ3n) is 2.99. The maximum absolute atomic E-state index is 10.7. The van der Waals surface area contributed by atoms with Crippen LogP contribution in [0.5, 0.6) is 0 Å². The number of nitrogens with zero attached hydrogens (tertiary/aromatic N) is 1. The first-order valence-electron chi connectivity index (χ1n) is 5.60. The summed E-state index contributed by atoms with van der Waals surface area (Å²) in [6.07, 6.45) is 2.37. The average Bonchev–Trinajstić information content (AvgIpc) is 2.75. The molecule has 1 unspecified atom stereocenters. The minimum atomic E-state index is -0.951. The lowest BCUT2D eigenvalue weighted by molar-refractivity contribution is 0.0696. The Balaban J connectivity index is 1.93. The van der Waals surface area contributed by atoms with E-state index in [2.05, 4.69) is 17.2 Å². The number of carboxylic acid groups (broad SMARTS) is 1. The third kappa shape index (κ3) is 3.01. The fourth-order valence-electron chi connectivity index (χ4n) is 1.77. The Morgan fingerprint density at radius 3 is 3.00 bits per heavy atom. The minimum Gasteiger partial charge on any atom is -0.478 e. The van der Waals surface area contributed by atoms with Crippen LogP contribution in [0.4, 0.5) is 0 Å². The molecule has 1 fully saturated rings. The van der Waals surface area contributed by atoms with Gasteiger partial charge in [0.2, 0.25) is 0 Å². The van der Waals surface area contributed by atoms with Crippen molar-refractivity contribution in [1.82, 2.24) is 10.3 Å². The molecule has 0 aliphatic carbocycles. The molecule has 1 aromatic rings. The van der Waals surface area contributed by atoms with Crippen LogP contribution in [0.15, 0.2) is 18.3 Å². The first-order chi connectivity index (χ1) is 8.09. The second kappa shape index (κ2) is 4.81. The van der Waals surface area contributed by atoms with E-state index < -0.39 is 5.97 Å². The Bertz CT molecular complexity index is 397. The molecule has 0 amide bonds. The van der Waals surface area contributed by atoms with Crippen LogP contribution in [0.3, 0.4) is 0 Å². The largest absolute Gasteiger partial charge is 0.478 e. The molecule has 1 aliphatic heterocycles. The first-order valence-corrected chi connectivity index (χ1v) is 5.60. The molecular formula is C12H16N2O3. The molecule has 2 N–H and O–H groups in total. The van der Waals surface area contributed by atoms with Gasteiger partial charge >= 0.3 is 5.97 Å². The maximum Gasteiger partial charge on any atom is 0.337 e. The van der Waals surface area contributed by atoms with Gasteiger partial charge in [0, 0.05) is 24.9 Å². The third-order valence-corrected chi connectivity index (χ3v) is 2.99. The number of nitrogens with one attached hydrogen (secondary N) is 1. The number of hydrogen-bond donors (Lipinski definition) is 2. The van der Waals surface area contributed by atoms with Gasteiger partial charge in [-0.1, -0.05) is 0 Å². The van der Waals surface area contributed by atoms with Gasteiger partial charge in [0.25, 0.3) is 0 Å². The van der Waals surface area contributed by atoms with Crippen molar-refractivity contribution < 1.29 is 14.6 Å². The molecule has 5 heteroatoms. The lowest BCUT2D eigenvalue weighted by Crippen LogP contribution is -2.42. The highest BCUT2D eigenvalue weighted by atomic mass is 16.5. The fourth-order valence-corrected chi connectivity index (χ4v) is 1.77. The molecule has 2 heterocycles. The van der Waals surface area contributed by atoms with E-state index in [4.69, 9.17) is 9.84 Å². The Kier molecular flexibility index (Phi) is 3.40. The molecule has 92 valence electrons. The predicted molar refractivity (Wildman–Crippen MR) is 61.9 cm³/mol. The van der Waals surface area contributed by atoms with Gasteiger partial charge < -0.3 is 15.2 Å². The molecule has 5 nitrogen and oxygen atoms in total. The van der Waals surface area contributed by atoms with Crippen molar-refractivity contribution in [1.29, 1.82) is 0 Å². The van der Waals surface area contributed by atoms with Crippen LogP contribution in [-0.4, -0.2) is 34.8 Å². The molecule has 1 aliphatic rings. The van der Waals surface area contributed by atoms with Gasteiger partial charge in [-0.2, -0.15) is 0 Å². The van der Waals surface area contributed by atoms with E-state index in [1.807, 2.05) is 0 Å².